The van der Waals surface area contributed by atoms with E-state index in [0.717, 1.165) is 0 Å². The lowest BCUT2D eigenvalue weighted by Gasteiger charge is -2.06. The van der Waals surface area contributed by atoms with Crippen molar-refractivity contribution in [3.63, 3.8) is 0 Å². The minimum atomic E-state index is -1.42. The number of aromatic nitrogens is 3. The number of carbonyl (C=O) groups is 2. The quantitative estimate of drug-likeness (QED) is 0.470. The van der Waals surface area contributed by atoms with E-state index in [1.807, 2.05) is 0 Å². The summed E-state index contributed by atoms with van der Waals surface area (Å²) >= 11 is 0. The normalized spacial score (nSPS) is 10.9. The number of nitrogens with one attached hydrogen (secondary N) is 1. The van der Waals surface area contributed by atoms with Gasteiger partial charge in [-0.05, 0) is 30.3 Å². The van der Waals surface area contributed by atoms with E-state index in [1.54, 1.807) is 30.3 Å². The van der Waals surface area contributed by atoms with Crippen LogP contribution in [0.3, 0.4) is 0 Å². The summed E-state index contributed by atoms with van der Waals surface area (Å²) in [6.07, 6.45) is 0. The molecule has 0 saturated heterocycles. The number of H-pyrrole nitrogens is 1. The lowest BCUT2D eigenvalue weighted by atomic mass is 10.00. The van der Waals surface area contributed by atoms with E-state index < -0.39 is 23.0 Å². The van der Waals surface area contributed by atoms with Crippen LogP contribution in [0.4, 0.5) is 0 Å². The van der Waals surface area contributed by atoms with Crippen molar-refractivity contribution < 1.29 is 19.8 Å². The summed E-state index contributed by atoms with van der Waals surface area (Å²) in [5.41, 5.74) is -0.766. The highest BCUT2D eigenvalue weighted by atomic mass is 16.4. The van der Waals surface area contributed by atoms with Gasteiger partial charge in [0, 0.05) is 0 Å². The fourth-order valence-electron chi connectivity index (χ4n) is 2.94. The molecule has 0 fully saturated rings. The fraction of sp³-hybridized carbons (Fsp3) is 0. The van der Waals surface area contributed by atoms with Crippen molar-refractivity contribution in [3.05, 3.63) is 87.8 Å². The highest BCUT2D eigenvalue weighted by Gasteiger charge is 2.24. The maximum atomic E-state index is 12.8. The van der Waals surface area contributed by atoms with E-state index in [9.17, 15) is 24.6 Å². The van der Waals surface area contributed by atoms with Crippen LogP contribution in [0.1, 0.15) is 26.4 Å². The molecule has 0 spiro atoms. The average Bonchev–Trinajstić information content (AvgIpc) is 3.03. The van der Waals surface area contributed by atoms with Crippen molar-refractivity contribution in [1.82, 2.24) is 14.8 Å². The van der Waals surface area contributed by atoms with E-state index in [4.69, 9.17) is 0 Å². The molecule has 0 aliphatic rings. The highest BCUT2D eigenvalue weighted by molar-refractivity contribution is 6.16. The van der Waals surface area contributed by atoms with Crippen LogP contribution in [0.5, 0.6) is 5.75 Å². The topological polar surface area (TPSA) is 125 Å². The number of nitrogens with zero attached hydrogens (tertiary/aromatic N) is 2. The minimum absolute atomic E-state index is 0.0417. The van der Waals surface area contributed by atoms with Crippen molar-refractivity contribution in [3.8, 4) is 11.4 Å². The number of hydrogen-bond acceptors (Lipinski definition) is 5. The zero-order valence-corrected chi connectivity index (χ0v) is 14.3. The molecular weight excluding hydrogens is 362 g/mol. The molecule has 8 heteroatoms. The molecule has 0 atom stereocenters. The molecule has 28 heavy (non-hydrogen) atoms. The number of carboxylic acid groups (broad SMARTS) is 1. The Bertz CT molecular complexity index is 1290. The van der Waals surface area contributed by atoms with Crippen LogP contribution in [0, 0.1) is 0 Å². The number of fused-ring (bicyclic) bond motifs is 1. The zero-order valence-electron chi connectivity index (χ0n) is 14.3. The molecule has 0 amide bonds. The van der Waals surface area contributed by atoms with Crippen LogP contribution < -0.4 is 5.56 Å². The second-order valence-corrected chi connectivity index (χ2v) is 6.02. The van der Waals surface area contributed by atoms with Crippen molar-refractivity contribution in [2.45, 2.75) is 0 Å². The van der Waals surface area contributed by atoms with Gasteiger partial charge in [-0.1, -0.05) is 30.3 Å². The fourth-order valence-corrected chi connectivity index (χ4v) is 2.94. The number of hydrogen-bond donors (Lipinski definition) is 3. The number of aromatic carboxylic acids is 1. The summed E-state index contributed by atoms with van der Waals surface area (Å²) in [5, 5.41) is 22.3. The number of carboxylic acids is 1. The van der Waals surface area contributed by atoms with Gasteiger partial charge in [-0.3, -0.25) is 14.7 Å². The Balaban J connectivity index is 1.97. The van der Waals surface area contributed by atoms with Crippen molar-refractivity contribution in [2.75, 3.05) is 0 Å². The molecule has 2 heterocycles. The van der Waals surface area contributed by atoms with Crippen LogP contribution in [0.25, 0.3) is 16.7 Å². The third kappa shape index (κ3) is 2.73. The lowest BCUT2D eigenvalue weighted by molar-refractivity contribution is 0.0686. The predicted molar refractivity (Wildman–Crippen MR) is 100 cm³/mol. The molecule has 0 bridgehead atoms. The average molecular weight is 375 g/mol. The van der Waals surface area contributed by atoms with Gasteiger partial charge in [0.25, 0.3) is 5.56 Å². The van der Waals surface area contributed by atoms with Gasteiger partial charge in [-0.25, -0.2) is 14.5 Å². The summed E-state index contributed by atoms with van der Waals surface area (Å²) in [6.45, 7) is 0. The maximum absolute atomic E-state index is 12.8. The molecule has 0 radical (unpaired) electrons. The molecule has 0 aliphatic carbocycles. The Morgan fingerprint density at radius 2 is 1.64 bits per heavy atom. The third-order valence-corrected chi connectivity index (χ3v) is 4.28. The van der Waals surface area contributed by atoms with E-state index in [0.29, 0.717) is 5.69 Å². The summed E-state index contributed by atoms with van der Waals surface area (Å²) in [4.78, 5) is 41.3. The molecule has 0 saturated carbocycles. The van der Waals surface area contributed by atoms with Crippen LogP contribution in [0.2, 0.25) is 0 Å². The summed E-state index contributed by atoms with van der Waals surface area (Å²) in [5.74, 6) is -2.45. The van der Waals surface area contributed by atoms with Crippen molar-refractivity contribution in [2.24, 2.45) is 0 Å². The van der Waals surface area contributed by atoms with E-state index in [2.05, 4.69) is 10.1 Å². The third-order valence-electron chi connectivity index (χ3n) is 4.28. The zero-order chi connectivity index (χ0) is 19.8. The first-order chi connectivity index (χ1) is 13.5. The van der Waals surface area contributed by atoms with Crippen LogP contribution >= 0.6 is 0 Å². The van der Waals surface area contributed by atoms with Gasteiger partial charge in [0.2, 0.25) is 0 Å². The first kappa shape index (κ1) is 17.2. The van der Waals surface area contributed by atoms with Gasteiger partial charge < -0.3 is 10.2 Å². The second kappa shape index (κ2) is 6.51. The smallest absolute Gasteiger partial charge is 0.355 e. The van der Waals surface area contributed by atoms with Gasteiger partial charge in [0.05, 0.1) is 22.2 Å². The first-order valence-corrected chi connectivity index (χ1v) is 8.24. The van der Waals surface area contributed by atoms with E-state index in [1.165, 1.54) is 35.0 Å². The number of aromatic hydroxyl groups is 1. The van der Waals surface area contributed by atoms with Crippen LogP contribution in [-0.4, -0.2) is 36.7 Å². The van der Waals surface area contributed by atoms with E-state index in [-0.39, 0.29) is 27.9 Å². The Kier molecular flexibility index (Phi) is 4.00. The standard InChI is InChI=1S/C20H13N3O5/c24-15-9-5-4-8-12(15)17(25)13-10-14-18(21-16(13)20(27)28)22-23(19(14)26)11-6-2-1-3-7-11/h1-10,24H,(H,21,22)(H,27,28). The number of phenolic OH excluding ortho intramolecular Hbond substituents is 1. The Morgan fingerprint density at radius 3 is 2.32 bits per heavy atom. The highest BCUT2D eigenvalue weighted by Crippen LogP contribution is 2.23. The number of para-hydroxylation sites is 2. The predicted octanol–water partition coefficient (Wildman–Crippen LogP) is 2.35. The van der Waals surface area contributed by atoms with Gasteiger partial charge in [0.1, 0.15) is 5.75 Å². The molecule has 0 unspecified atom stereocenters. The number of pyridine rings is 1. The molecule has 3 N–H and O–H groups in total. The van der Waals surface area contributed by atoms with Crippen LogP contribution in [0.15, 0.2) is 65.5 Å². The molecule has 4 aromatic rings. The van der Waals surface area contributed by atoms with Gasteiger partial charge in [0.15, 0.2) is 17.1 Å². The van der Waals surface area contributed by atoms with Crippen LogP contribution in [-0.2, 0) is 0 Å². The second-order valence-electron chi connectivity index (χ2n) is 6.02. The number of ketones is 1. The van der Waals surface area contributed by atoms with Gasteiger partial charge >= 0.3 is 5.97 Å². The number of phenols is 1. The Hall–Kier alpha value is -4.20. The maximum Gasteiger partial charge on any atom is 0.355 e. The molecule has 2 aromatic heterocycles. The summed E-state index contributed by atoms with van der Waals surface area (Å²) in [7, 11) is 0. The summed E-state index contributed by atoms with van der Waals surface area (Å²) < 4.78 is 1.22. The SMILES string of the molecule is O=C(c1ccccc1O)c1cc2c(=O)n(-c3ccccc3)[nH]c2nc1C(=O)O. The number of rotatable bonds is 4. The lowest BCUT2D eigenvalue weighted by Crippen LogP contribution is -2.15. The molecule has 2 aromatic carbocycles. The Morgan fingerprint density at radius 1 is 0.964 bits per heavy atom. The minimum Gasteiger partial charge on any atom is -0.507 e. The van der Waals surface area contributed by atoms with Crippen molar-refractivity contribution >= 4 is 22.8 Å². The molecule has 4 rings (SSSR count). The number of aromatic amines is 1. The van der Waals surface area contributed by atoms with Crippen molar-refractivity contribution in [1.29, 1.82) is 0 Å². The summed E-state index contributed by atoms with van der Waals surface area (Å²) in [6, 6.07) is 15.6. The largest absolute Gasteiger partial charge is 0.507 e. The molecule has 8 nitrogen and oxygen atoms in total. The number of benzene rings is 2. The molecule has 138 valence electrons. The molecule has 0 aliphatic heterocycles. The number of carbonyl (C=O) groups excluding carboxylic acids is 1. The monoisotopic (exact) mass is 375 g/mol. The Labute approximate surface area is 157 Å². The van der Waals surface area contributed by atoms with E-state index >= 15 is 0 Å². The van der Waals surface area contributed by atoms with Gasteiger partial charge in [-0.2, -0.15) is 0 Å². The van der Waals surface area contributed by atoms with Gasteiger partial charge in [-0.15, -0.1) is 0 Å². The molecular formula is C20H13N3O5. The first-order valence-electron chi connectivity index (χ1n) is 8.24.